The number of hydrogen-bond acceptors (Lipinski definition) is 4. The molecule has 0 aromatic rings. The Hall–Kier alpha value is -0.810. The lowest BCUT2D eigenvalue weighted by Gasteiger charge is -2.34. The number of piperidine rings is 1. The molecular formula is C17H33N3O2. The quantitative estimate of drug-likeness (QED) is 0.837. The summed E-state index contributed by atoms with van der Waals surface area (Å²) in [6.07, 6.45) is 6.72. The molecule has 1 saturated carbocycles. The maximum Gasteiger partial charge on any atom is 0.410 e. The maximum atomic E-state index is 12.2. The molecular weight excluding hydrogens is 278 g/mol. The number of likely N-dealkylation sites (tertiary alicyclic amines) is 1. The number of ether oxygens (including phenoxy) is 1. The number of rotatable bonds is 4. The molecule has 0 aromatic carbocycles. The van der Waals surface area contributed by atoms with Crippen molar-refractivity contribution in [3.8, 4) is 0 Å². The maximum absolute atomic E-state index is 12.2. The highest BCUT2D eigenvalue weighted by atomic mass is 16.6. The minimum absolute atomic E-state index is 0.160. The molecule has 0 spiro atoms. The molecule has 2 aliphatic rings. The molecule has 1 heterocycles. The number of nitrogens with zero attached hydrogens (tertiary/aromatic N) is 1. The van der Waals surface area contributed by atoms with Crippen LogP contribution in [0, 0.1) is 5.92 Å². The molecule has 0 radical (unpaired) electrons. The summed E-state index contributed by atoms with van der Waals surface area (Å²) in [6.45, 7) is 8.45. The first kappa shape index (κ1) is 17.5. The van der Waals surface area contributed by atoms with Crippen molar-refractivity contribution in [2.75, 3.05) is 19.6 Å². The Bertz CT molecular complexity index is 367. The van der Waals surface area contributed by atoms with Crippen molar-refractivity contribution in [1.29, 1.82) is 0 Å². The zero-order valence-electron chi connectivity index (χ0n) is 14.4. The number of carbonyl (C=O) groups excluding carboxylic acids is 1. The van der Waals surface area contributed by atoms with E-state index in [9.17, 15) is 4.79 Å². The summed E-state index contributed by atoms with van der Waals surface area (Å²) in [5.41, 5.74) is 5.53. The Kier molecular flexibility index (Phi) is 6.09. The van der Waals surface area contributed by atoms with Gasteiger partial charge in [-0.2, -0.15) is 0 Å². The summed E-state index contributed by atoms with van der Waals surface area (Å²) in [5, 5.41) is 3.63. The number of nitrogens with two attached hydrogens (primary N) is 1. The lowest BCUT2D eigenvalue weighted by Crippen LogP contribution is -2.43. The van der Waals surface area contributed by atoms with Gasteiger partial charge in [0.15, 0.2) is 0 Å². The van der Waals surface area contributed by atoms with Crippen molar-refractivity contribution in [3.05, 3.63) is 0 Å². The molecule has 1 aliphatic heterocycles. The summed E-state index contributed by atoms with van der Waals surface area (Å²) >= 11 is 0. The number of carbonyl (C=O) groups is 1. The van der Waals surface area contributed by atoms with Gasteiger partial charge in [-0.1, -0.05) is 0 Å². The molecule has 1 aliphatic carbocycles. The van der Waals surface area contributed by atoms with Gasteiger partial charge in [-0.25, -0.2) is 4.79 Å². The zero-order valence-corrected chi connectivity index (χ0v) is 14.4. The van der Waals surface area contributed by atoms with Gasteiger partial charge in [0.05, 0.1) is 0 Å². The van der Waals surface area contributed by atoms with E-state index in [-0.39, 0.29) is 6.09 Å². The fourth-order valence-corrected chi connectivity index (χ4v) is 3.49. The smallest absolute Gasteiger partial charge is 0.410 e. The largest absolute Gasteiger partial charge is 0.444 e. The molecule has 0 aromatic heterocycles. The average Bonchev–Trinajstić information content (AvgIpc) is 2.83. The van der Waals surface area contributed by atoms with Crippen LogP contribution in [0.25, 0.3) is 0 Å². The van der Waals surface area contributed by atoms with E-state index in [1.54, 1.807) is 0 Å². The summed E-state index contributed by atoms with van der Waals surface area (Å²) in [4.78, 5) is 14.0. The van der Waals surface area contributed by atoms with Crippen LogP contribution in [0.5, 0.6) is 0 Å². The van der Waals surface area contributed by atoms with Gasteiger partial charge in [0.1, 0.15) is 5.60 Å². The Balaban J connectivity index is 1.68. The van der Waals surface area contributed by atoms with Crippen molar-refractivity contribution in [2.24, 2.45) is 11.7 Å². The highest BCUT2D eigenvalue weighted by Gasteiger charge is 2.28. The third kappa shape index (κ3) is 5.76. The van der Waals surface area contributed by atoms with E-state index in [0.717, 1.165) is 45.3 Å². The molecule has 5 heteroatoms. The van der Waals surface area contributed by atoms with Crippen LogP contribution in [0.3, 0.4) is 0 Å². The van der Waals surface area contributed by atoms with Crippen LogP contribution < -0.4 is 11.1 Å². The highest BCUT2D eigenvalue weighted by Crippen LogP contribution is 2.22. The molecule has 3 unspecified atom stereocenters. The van der Waals surface area contributed by atoms with Crippen molar-refractivity contribution in [1.82, 2.24) is 10.2 Å². The SMILES string of the molecule is CC(C)(C)OC(=O)N1CCCC(CCNC2CCC(N)C2)C1. The normalized spacial score (nSPS) is 29.6. The molecule has 0 bridgehead atoms. The van der Waals surface area contributed by atoms with Gasteiger partial charge < -0.3 is 20.7 Å². The van der Waals surface area contributed by atoms with Gasteiger partial charge in [-0.15, -0.1) is 0 Å². The van der Waals surface area contributed by atoms with Crippen LogP contribution in [0.2, 0.25) is 0 Å². The Morgan fingerprint density at radius 1 is 1.32 bits per heavy atom. The molecule has 3 atom stereocenters. The minimum atomic E-state index is -0.410. The predicted octanol–water partition coefficient (Wildman–Crippen LogP) is 2.49. The first-order valence-corrected chi connectivity index (χ1v) is 8.80. The van der Waals surface area contributed by atoms with Crippen LogP contribution in [0.4, 0.5) is 4.79 Å². The standard InChI is InChI=1S/C17H33N3O2/c1-17(2,3)22-16(21)20-10-4-5-13(12-20)8-9-19-15-7-6-14(18)11-15/h13-15,19H,4-12,18H2,1-3H3. The number of nitrogens with one attached hydrogen (secondary N) is 1. The zero-order chi connectivity index (χ0) is 16.2. The fraction of sp³-hybridized carbons (Fsp3) is 0.941. The average molecular weight is 311 g/mol. The first-order chi connectivity index (χ1) is 10.3. The third-order valence-corrected chi connectivity index (χ3v) is 4.63. The summed E-state index contributed by atoms with van der Waals surface area (Å²) in [6, 6.07) is 0.982. The van der Waals surface area contributed by atoms with Crippen LogP contribution >= 0.6 is 0 Å². The molecule has 2 rings (SSSR count). The molecule has 5 nitrogen and oxygen atoms in total. The second-order valence-corrected chi connectivity index (χ2v) is 7.95. The van der Waals surface area contributed by atoms with Crippen molar-refractivity contribution >= 4 is 6.09 Å². The first-order valence-electron chi connectivity index (χ1n) is 8.80. The van der Waals surface area contributed by atoms with Crippen LogP contribution in [-0.4, -0.2) is 48.3 Å². The highest BCUT2D eigenvalue weighted by molar-refractivity contribution is 5.68. The van der Waals surface area contributed by atoms with Crippen molar-refractivity contribution in [3.63, 3.8) is 0 Å². The molecule has 2 fully saturated rings. The van der Waals surface area contributed by atoms with Gasteiger partial charge in [0.25, 0.3) is 0 Å². The second-order valence-electron chi connectivity index (χ2n) is 7.95. The van der Waals surface area contributed by atoms with E-state index in [2.05, 4.69) is 5.32 Å². The van der Waals surface area contributed by atoms with Crippen molar-refractivity contribution in [2.45, 2.75) is 77.0 Å². The predicted molar refractivity (Wildman–Crippen MR) is 88.8 cm³/mol. The van der Waals surface area contributed by atoms with Gasteiger partial charge in [-0.05, 0) is 71.8 Å². The monoisotopic (exact) mass is 311 g/mol. The summed E-state index contributed by atoms with van der Waals surface area (Å²) in [7, 11) is 0. The van der Waals surface area contributed by atoms with Crippen molar-refractivity contribution < 1.29 is 9.53 Å². The Labute approximate surface area is 134 Å². The van der Waals surface area contributed by atoms with Gasteiger partial charge in [0.2, 0.25) is 0 Å². The van der Waals surface area contributed by atoms with Crippen LogP contribution in [0.1, 0.15) is 59.3 Å². The molecule has 3 N–H and O–H groups in total. The summed E-state index contributed by atoms with van der Waals surface area (Å²) in [5.74, 6) is 0.587. The van der Waals surface area contributed by atoms with Gasteiger partial charge in [0, 0.05) is 25.2 Å². The lowest BCUT2D eigenvalue weighted by molar-refractivity contribution is 0.0161. The fourth-order valence-electron chi connectivity index (χ4n) is 3.49. The molecule has 128 valence electrons. The van der Waals surface area contributed by atoms with E-state index in [1.165, 1.54) is 12.8 Å². The van der Waals surface area contributed by atoms with Gasteiger partial charge >= 0.3 is 6.09 Å². The van der Waals surface area contributed by atoms with E-state index in [4.69, 9.17) is 10.5 Å². The Morgan fingerprint density at radius 2 is 2.09 bits per heavy atom. The second kappa shape index (κ2) is 7.64. The lowest BCUT2D eigenvalue weighted by atomic mass is 9.95. The number of hydrogen-bond donors (Lipinski definition) is 2. The Morgan fingerprint density at radius 3 is 2.73 bits per heavy atom. The number of amides is 1. The van der Waals surface area contributed by atoms with E-state index in [1.807, 2.05) is 25.7 Å². The third-order valence-electron chi connectivity index (χ3n) is 4.63. The van der Waals surface area contributed by atoms with E-state index < -0.39 is 5.60 Å². The van der Waals surface area contributed by atoms with Gasteiger partial charge in [-0.3, -0.25) is 0 Å². The molecule has 1 amide bonds. The topological polar surface area (TPSA) is 67.6 Å². The van der Waals surface area contributed by atoms with Crippen LogP contribution in [-0.2, 0) is 4.74 Å². The van der Waals surface area contributed by atoms with Crippen LogP contribution in [0.15, 0.2) is 0 Å². The van der Waals surface area contributed by atoms with E-state index in [0.29, 0.717) is 18.0 Å². The minimum Gasteiger partial charge on any atom is -0.444 e. The van der Waals surface area contributed by atoms with E-state index >= 15 is 0 Å². The molecule has 22 heavy (non-hydrogen) atoms. The molecule has 1 saturated heterocycles. The summed E-state index contributed by atoms with van der Waals surface area (Å²) < 4.78 is 5.48.